The van der Waals surface area contributed by atoms with E-state index in [9.17, 15) is 4.39 Å². The van der Waals surface area contributed by atoms with Crippen LogP contribution in [0.25, 0.3) is 0 Å². The Labute approximate surface area is 74.5 Å². The van der Waals surface area contributed by atoms with Crippen LogP contribution in [0.3, 0.4) is 0 Å². The van der Waals surface area contributed by atoms with E-state index in [1.165, 1.54) is 12.1 Å². The molecule has 0 aromatic heterocycles. The summed E-state index contributed by atoms with van der Waals surface area (Å²) in [5, 5.41) is 0. The van der Waals surface area contributed by atoms with Crippen LogP contribution in [0.4, 0.5) is 10.1 Å². The van der Waals surface area contributed by atoms with E-state index in [1.54, 1.807) is 6.07 Å². The molecule has 1 aromatic rings. The van der Waals surface area contributed by atoms with Gasteiger partial charge in [0.1, 0.15) is 5.82 Å². The van der Waals surface area contributed by atoms with Crippen LogP contribution in [0.2, 0.25) is 0 Å². The van der Waals surface area contributed by atoms with E-state index in [2.05, 4.69) is 15.9 Å². The molecule has 0 aliphatic rings. The normalized spacial score (nSPS) is 8.36. The van der Waals surface area contributed by atoms with E-state index in [0.29, 0.717) is 5.69 Å². The van der Waals surface area contributed by atoms with Crippen molar-refractivity contribution in [2.45, 2.75) is 13.8 Å². The largest absolute Gasteiger partial charge is 0.398 e. The van der Waals surface area contributed by atoms with Crippen LogP contribution in [0.15, 0.2) is 22.7 Å². The highest BCUT2D eigenvalue weighted by Crippen LogP contribution is 2.18. The topological polar surface area (TPSA) is 26.0 Å². The van der Waals surface area contributed by atoms with Gasteiger partial charge in [-0.3, -0.25) is 0 Å². The zero-order valence-corrected chi connectivity index (χ0v) is 8.15. The van der Waals surface area contributed by atoms with Crippen LogP contribution in [0, 0.1) is 5.82 Å². The number of nitrogen functional groups attached to an aromatic ring is 1. The highest BCUT2D eigenvalue weighted by atomic mass is 79.9. The number of rotatable bonds is 0. The monoisotopic (exact) mass is 219 g/mol. The first-order valence-electron chi connectivity index (χ1n) is 3.40. The lowest BCUT2D eigenvalue weighted by Gasteiger charge is -1.94. The number of nitrogens with two attached hydrogens (primary N) is 1. The summed E-state index contributed by atoms with van der Waals surface area (Å²) in [6, 6.07) is 4.19. The third-order valence-electron chi connectivity index (χ3n) is 0.958. The number of anilines is 1. The number of hydrogen-bond donors (Lipinski definition) is 1. The van der Waals surface area contributed by atoms with Crippen molar-refractivity contribution in [2.75, 3.05) is 5.73 Å². The van der Waals surface area contributed by atoms with E-state index in [-0.39, 0.29) is 5.82 Å². The Morgan fingerprint density at radius 3 is 2.27 bits per heavy atom. The molecule has 0 saturated carbocycles. The van der Waals surface area contributed by atoms with Crippen LogP contribution >= 0.6 is 15.9 Å². The Bertz CT molecular complexity index is 225. The quantitative estimate of drug-likeness (QED) is 0.667. The third kappa shape index (κ3) is 3.37. The Morgan fingerprint density at radius 2 is 1.91 bits per heavy atom. The fraction of sp³-hybridized carbons (Fsp3) is 0.250. The summed E-state index contributed by atoms with van der Waals surface area (Å²) in [5.74, 6) is -0.310. The summed E-state index contributed by atoms with van der Waals surface area (Å²) in [5.41, 5.74) is 5.76. The molecule has 1 rings (SSSR count). The summed E-state index contributed by atoms with van der Waals surface area (Å²) in [6.07, 6.45) is 0. The van der Waals surface area contributed by atoms with Crippen molar-refractivity contribution in [3.63, 3.8) is 0 Å². The van der Waals surface area contributed by atoms with Gasteiger partial charge in [-0.2, -0.15) is 0 Å². The van der Waals surface area contributed by atoms with Crippen LogP contribution in [0.1, 0.15) is 13.8 Å². The Hall–Kier alpha value is -0.570. The van der Waals surface area contributed by atoms with Crippen LogP contribution < -0.4 is 5.73 Å². The van der Waals surface area contributed by atoms with Crippen molar-refractivity contribution in [1.82, 2.24) is 0 Å². The molecule has 0 heterocycles. The van der Waals surface area contributed by atoms with Gasteiger partial charge in [0.15, 0.2) is 0 Å². The molecule has 1 nitrogen and oxygen atoms in total. The maximum atomic E-state index is 12.2. The Kier molecular flexibility index (Phi) is 4.86. The van der Waals surface area contributed by atoms with Gasteiger partial charge < -0.3 is 5.73 Å². The van der Waals surface area contributed by atoms with Gasteiger partial charge in [-0.25, -0.2) is 4.39 Å². The minimum Gasteiger partial charge on any atom is -0.398 e. The Morgan fingerprint density at radius 1 is 1.36 bits per heavy atom. The average molecular weight is 220 g/mol. The number of halogens is 2. The van der Waals surface area contributed by atoms with E-state index < -0.39 is 0 Å². The molecule has 3 heteroatoms. The zero-order valence-electron chi connectivity index (χ0n) is 6.57. The fourth-order valence-electron chi connectivity index (χ4n) is 0.515. The Balaban J connectivity index is 0.000000461. The van der Waals surface area contributed by atoms with Gasteiger partial charge >= 0.3 is 0 Å². The second kappa shape index (κ2) is 5.13. The molecule has 0 aliphatic carbocycles. The lowest BCUT2D eigenvalue weighted by atomic mass is 10.3. The third-order valence-corrected chi connectivity index (χ3v) is 1.68. The van der Waals surface area contributed by atoms with E-state index in [4.69, 9.17) is 5.73 Å². The molecule has 0 amide bonds. The molecular weight excluding hydrogens is 209 g/mol. The van der Waals surface area contributed by atoms with Gasteiger partial charge in [0.25, 0.3) is 0 Å². The van der Waals surface area contributed by atoms with Crippen molar-refractivity contribution < 1.29 is 4.39 Å². The summed E-state index contributed by atoms with van der Waals surface area (Å²) in [7, 11) is 0. The molecule has 0 aliphatic heterocycles. The SMILES string of the molecule is CC.Nc1cc(F)ccc1Br. The smallest absolute Gasteiger partial charge is 0.125 e. The second-order valence-electron chi connectivity index (χ2n) is 1.67. The molecule has 0 saturated heterocycles. The van der Waals surface area contributed by atoms with E-state index >= 15 is 0 Å². The van der Waals surface area contributed by atoms with Crippen LogP contribution in [0.5, 0.6) is 0 Å². The average Bonchev–Trinajstić information content (AvgIpc) is 2.02. The second-order valence-corrected chi connectivity index (χ2v) is 2.52. The van der Waals surface area contributed by atoms with Crippen molar-refractivity contribution in [1.29, 1.82) is 0 Å². The first-order valence-corrected chi connectivity index (χ1v) is 4.20. The first kappa shape index (κ1) is 10.4. The molecule has 1 aromatic carbocycles. The molecule has 0 unspecified atom stereocenters. The van der Waals surface area contributed by atoms with Gasteiger partial charge in [0.05, 0.1) is 0 Å². The van der Waals surface area contributed by atoms with Gasteiger partial charge in [-0.1, -0.05) is 13.8 Å². The molecule has 0 radical (unpaired) electrons. The molecule has 0 spiro atoms. The molecule has 2 N–H and O–H groups in total. The van der Waals surface area contributed by atoms with Crippen LogP contribution in [-0.4, -0.2) is 0 Å². The maximum Gasteiger partial charge on any atom is 0.125 e. The summed E-state index contributed by atoms with van der Waals surface area (Å²) >= 11 is 3.14. The van der Waals surface area contributed by atoms with Crippen molar-refractivity contribution in [2.24, 2.45) is 0 Å². The maximum absolute atomic E-state index is 12.2. The molecule has 11 heavy (non-hydrogen) atoms. The van der Waals surface area contributed by atoms with Crippen molar-refractivity contribution in [3.05, 3.63) is 28.5 Å². The highest BCUT2D eigenvalue weighted by molar-refractivity contribution is 9.10. The van der Waals surface area contributed by atoms with Gasteiger partial charge in [-0.15, -0.1) is 0 Å². The number of hydrogen-bond acceptors (Lipinski definition) is 1. The van der Waals surface area contributed by atoms with E-state index in [1.807, 2.05) is 13.8 Å². The molecule has 0 bridgehead atoms. The molecule has 0 fully saturated rings. The molecule has 0 atom stereocenters. The predicted octanol–water partition coefficient (Wildman–Crippen LogP) is 3.20. The zero-order chi connectivity index (χ0) is 8.85. The van der Waals surface area contributed by atoms with Gasteiger partial charge in [0.2, 0.25) is 0 Å². The van der Waals surface area contributed by atoms with Gasteiger partial charge in [-0.05, 0) is 34.1 Å². The standard InChI is InChI=1S/C6H5BrFN.C2H6/c7-5-2-1-4(8)3-6(5)9;1-2/h1-3H,9H2;1-2H3. The summed E-state index contributed by atoms with van der Waals surface area (Å²) in [6.45, 7) is 4.00. The summed E-state index contributed by atoms with van der Waals surface area (Å²) in [4.78, 5) is 0. The fourth-order valence-corrected chi connectivity index (χ4v) is 0.761. The minimum atomic E-state index is -0.310. The minimum absolute atomic E-state index is 0.310. The lowest BCUT2D eigenvalue weighted by molar-refractivity contribution is 0.628. The van der Waals surface area contributed by atoms with Crippen molar-refractivity contribution in [3.8, 4) is 0 Å². The first-order chi connectivity index (χ1) is 5.20. The van der Waals surface area contributed by atoms with Gasteiger partial charge in [0, 0.05) is 10.2 Å². The molecule has 62 valence electrons. The lowest BCUT2D eigenvalue weighted by Crippen LogP contribution is -1.86. The van der Waals surface area contributed by atoms with E-state index in [0.717, 1.165) is 4.47 Å². The number of benzene rings is 1. The predicted molar refractivity (Wildman–Crippen MR) is 49.9 cm³/mol. The summed E-state index contributed by atoms with van der Waals surface area (Å²) < 4.78 is 13.0. The van der Waals surface area contributed by atoms with Crippen LogP contribution in [-0.2, 0) is 0 Å². The van der Waals surface area contributed by atoms with Crippen molar-refractivity contribution >= 4 is 21.6 Å². The highest BCUT2D eigenvalue weighted by Gasteiger charge is 1.94. The molecular formula is C8H11BrFN.